The molecule has 2 nitrogen and oxygen atoms in total. The zero-order chi connectivity index (χ0) is 23.2. The highest BCUT2D eigenvalue weighted by Crippen LogP contribution is 2.45. The van der Waals surface area contributed by atoms with E-state index in [1.165, 1.54) is 38.9 Å². The number of aryl methyl sites for hydroxylation is 2. The molecule has 2 heteroatoms. The van der Waals surface area contributed by atoms with Gasteiger partial charge in [0.05, 0.1) is 0 Å². The van der Waals surface area contributed by atoms with Gasteiger partial charge in [0.25, 0.3) is 0 Å². The maximum Gasteiger partial charge on any atom is 0.162 e. The van der Waals surface area contributed by atoms with Gasteiger partial charge in [0.15, 0.2) is 5.78 Å². The van der Waals surface area contributed by atoms with Crippen molar-refractivity contribution in [2.75, 3.05) is 0 Å². The first-order valence-electron chi connectivity index (χ1n) is 11.5. The van der Waals surface area contributed by atoms with Crippen LogP contribution in [0.2, 0.25) is 0 Å². The molecule has 0 spiro atoms. The van der Waals surface area contributed by atoms with E-state index >= 15 is 0 Å². The van der Waals surface area contributed by atoms with Crippen LogP contribution < -0.4 is 0 Å². The summed E-state index contributed by atoms with van der Waals surface area (Å²) in [7, 11) is 0. The van der Waals surface area contributed by atoms with Gasteiger partial charge in [-0.3, -0.25) is 4.79 Å². The van der Waals surface area contributed by atoms with Crippen molar-refractivity contribution in [2.45, 2.75) is 60.9 Å². The predicted octanol–water partition coefficient (Wildman–Crippen LogP) is 7.87. The highest BCUT2D eigenvalue weighted by atomic mass is 16.1. The van der Waals surface area contributed by atoms with Gasteiger partial charge in [0, 0.05) is 29.1 Å². The van der Waals surface area contributed by atoms with Crippen LogP contribution in [0.25, 0.3) is 22.3 Å². The van der Waals surface area contributed by atoms with E-state index in [9.17, 15) is 4.79 Å². The van der Waals surface area contributed by atoms with Gasteiger partial charge in [-0.2, -0.15) is 0 Å². The van der Waals surface area contributed by atoms with E-state index in [1.54, 1.807) is 6.92 Å². The lowest BCUT2D eigenvalue weighted by atomic mass is 9.94. The molecular weight excluding hydrogens is 390 g/mol. The molecular formula is C30H33NO. The Kier molecular flexibility index (Phi) is 5.81. The Balaban J connectivity index is 1.99. The minimum atomic E-state index is 0.125. The van der Waals surface area contributed by atoms with Gasteiger partial charge in [-0.15, -0.1) is 0 Å². The maximum absolute atomic E-state index is 12.9. The van der Waals surface area contributed by atoms with Gasteiger partial charge in [-0.25, -0.2) is 0 Å². The molecule has 0 bridgehead atoms. The number of nitrogens with zero attached hydrogens (tertiary/aromatic N) is 1. The van der Waals surface area contributed by atoms with Crippen LogP contribution in [0.5, 0.6) is 0 Å². The van der Waals surface area contributed by atoms with E-state index in [0.29, 0.717) is 5.92 Å². The third kappa shape index (κ3) is 3.68. The van der Waals surface area contributed by atoms with Crippen molar-refractivity contribution in [1.82, 2.24) is 4.57 Å². The molecule has 0 fully saturated rings. The summed E-state index contributed by atoms with van der Waals surface area (Å²) >= 11 is 0. The Morgan fingerprint density at radius 2 is 1.50 bits per heavy atom. The minimum Gasteiger partial charge on any atom is -0.343 e. The van der Waals surface area contributed by atoms with Crippen LogP contribution in [0.4, 0.5) is 0 Å². The fraction of sp³-hybridized carbons (Fsp3) is 0.300. The van der Waals surface area contributed by atoms with Gasteiger partial charge >= 0.3 is 0 Å². The van der Waals surface area contributed by atoms with Crippen molar-refractivity contribution in [3.8, 4) is 22.3 Å². The summed E-state index contributed by atoms with van der Waals surface area (Å²) in [5, 5.41) is 0. The third-order valence-corrected chi connectivity index (χ3v) is 6.81. The average Bonchev–Trinajstić information content (AvgIpc) is 3.11. The van der Waals surface area contributed by atoms with Crippen molar-refractivity contribution in [3.05, 3.63) is 93.8 Å². The molecule has 164 valence electrons. The van der Waals surface area contributed by atoms with Crippen LogP contribution in [-0.2, 0) is 6.54 Å². The third-order valence-electron chi connectivity index (χ3n) is 6.81. The second-order valence-corrected chi connectivity index (χ2v) is 9.39. The number of fused-ring (bicyclic) bond motifs is 1. The molecule has 0 atom stereocenters. The maximum atomic E-state index is 12.9. The molecule has 1 heterocycles. The summed E-state index contributed by atoms with van der Waals surface area (Å²) in [6, 6.07) is 19.6. The van der Waals surface area contributed by atoms with Crippen LogP contribution >= 0.6 is 0 Å². The minimum absolute atomic E-state index is 0.125. The number of ketones is 1. The summed E-state index contributed by atoms with van der Waals surface area (Å²) in [4.78, 5) is 12.9. The number of hydrogen-bond acceptors (Lipinski definition) is 1. The van der Waals surface area contributed by atoms with Gasteiger partial charge in [-0.05, 0) is 79.5 Å². The van der Waals surface area contributed by atoms with Gasteiger partial charge in [0.2, 0.25) is 0 Å². The number of rotatable bonds is 5. The molecule has 0 amide bonds. The van der Waals surface area contributed by atoms with Crippen LogP contribution in [0.15, 0.2) is 54.6 Å². The van der Waals surface area contributed by atoms with Crippen molar-refractivity contribution >= 4 is 5.78 Å². The van der Waals surface area contributed by atoms with Crippen LogP contribution in [0.1, 0.15) is 70.7 Å². The predicted molar refractivity (Wildman–Crippen MR) is 135 cm³/mol. The average molecular weight is 424 g/mol. The Morgan fingerprint density at radius 3 is 2.12 bits per heavy atom. The quantitative estimate of drug-likeness (QED) is 0.299. The normalized spacial score (nSPS) is 11.5. The zero-order valence-corrected chi connectivity index (χ0v) is 20.3. The Labute approximate surface area is 192 Å². The highest BCUT2D eigenvalue weighted by molar-refractivity contribution is 6.06. The fourth-order valence-electron chi connectivity index (χ4n) is 5.04. The molecule has 0 saturated heterocycles. The first-order chi connectivity index (χ1) is 15.2. The second-order valence-electron chi connectivity index (χ2n) is 9.39. The molecule has 1 aromatic heterocycles. The van der Waals surface area contributed by atoms with Crippen LogP contribution in [0.3, 0.4) is 0 Å². The standard InChI is InChI=1S/C30H33NO/c1-18(2)25-14-13-19(3)28-26(16-25)20(4)15-27(28)30-22(6)31(21(5)29(30)23(7)32)17-24-11-9-8-10-12-24/h8-16,18H,17H2,1-7H3. The van der Waals surface area contributed by atoms with Gasteiger partial charge in [-0.1, -0.05) is 68.4 Å². The first kappa shape index (κ1) is 22.1. The number of carbonyl (C=O) groups is 1. The van der Waals surface area contributed by atoms with Crippen molar-refractivity contribution in [3.63, 3.8) is 0 Å². The monoisotopic (exact) mass is 423 g/mol. The summed E-state index contributed by atoms with van der Waals surface area (Å²) in [6.07, 6.45) is 0. The summed E-state index contributed by atoms with van der Waals surface area (Å²) in [5.74, 6) is 0.590. The molecule has 0 aliphatic heterocycles. The smallest absolute Gasteiger partial charge is 0.162 e. The summed E-state index contributed by atoms with van der Waals surface area (Å²) in [6.45, 7) is 15.5. The van der Waals surface area contributed by atoms with E-state index < -0.39 is 0 Å². The first-order valence-corrected chi connectivity index (χ1v) is 11.5. The number of aromatic nitrogens is 1. The van der Waals surface area contributed by atoms with Crippen LogP contribution in [-0.4, -0.2) is 10.4 Å². The molecule has 2 aromatic rings. The molecule has 32 heavy (non-hydrogen) atoms. The van der Waals surface area contributed by atoms with Crippen molar-refractivity contribution in [2.24, 2.45) is 0 Å². The van der Waals surface area contributed by atoms with Crippen molar-refractivity contribution < 1.29 is 4.79 Å². The molecule has 2 aliphatic rings. The summed E-state index contributed by atoms with van der Waals surface area (Å²) in [5.41, 5.74) is 12.9. The van der Waals surface area contributed by atoms with E-state index in [0.717, 1.165) is 29.1 Å². The van der Waals surface area contributed by atoms with Gasteiger partial charge < -0.3 is 4.57 Å². The molecule has 0 radical (unpaired) electrons. The molecule has 1 aromatic carbocycles. The zero-order valence-electron chi connectivity index (χ0n) is 20.3. The Bertz CT molecular complexity index is 1270. The van der Waals surface area contributed by atoms with E-state index in [1.807, 2.05) is 6.07 Å². The second kappa shape index (κ2) is 8.43. The van der Waals surface area contributed by atoms with Crippen molar-refractivity contribution in [1.29, 1.82) is 0 Å². The molecule has 0 saturated carbocycles. The van der Waals surface area contributed by atoms with Gasteiger partial charge in [0.1, 0.15) is 0 Å². The highest BCUT2D eigenvalue weighted by Gasteiger charge is 2.27. The lowest BCUT2D eigenvalue weighted by molar-refractivity contribution is 0.101. The topological polar surface area (TPSA) is 22.0 Å². The Hall–Kier alpha value is -3.13. The molecule has 4 rings (SSSR count). The summed E-state index contributed by atoms with van der Waals surface area (Å²) < 4.78 is 2.30. The number of hydrogen-bond donors (Lipinski definition) is 0. The lowest BCUT2D eigenvalue weighted by Crippen LogP contribution is -2.05. The Morgan fingerprint density at radius 1 is 0.812 bits per heavy atom. The molecule has 2 aliphatic carbocycles. The van der Waals surface area contributed by atoms with E-state index in [2.05, 4.69) is 94.6 Å². The molecule has 0 N–H and O–H groups in total. The molecule has 0 unspecified atom stereocenters. The SMILES string of the molecule is CC(=O)c1c(-c2cc(C)c3cc(C(C)C)ccc(C)c2-3)c(C)n(Cc2ccccc2)c1C. The van der Waals surface area contributed by atoms with E-state index in [-0.39, 0.29) is 5.78 Å². The van der Waals surface area contributed by atoms with Crippen LogP contribution in [0, 0.1) is 27.7 Å². The fourth-order valence-corrected chi connectivity index (χ4v) is 5.04. The number of benzene rings is 1. The number of carbonyl (C=O) groups excluding carboxylic acids is 1. The van der Waals surface area contributed by atoms with E-state index in [4.69, 9.17) is 0 Å². The number of Topliss-reactive ketones (excluding diaryl/α,β-unsaturated/α-hetero) is 1. The lowest BCUT2D eigenvalue weighted by Gasteiger charge is -2.11. The largest absolute Gasteiger partial charge is 0.343 e.